The van der Waals surface area contributed by atoms with Crippen molar-refractivity contribution in [2.45, 2.75) is 19.3 Å². The van der Waals surface area contributed by atoms with Crippen LogP contribution in [0.4, 0.5) is 5.69 Å². The Hall–Kier alpha value is -0.380. The fraction of sp³-hybridized carbons (Fsp3) is 0.364. The van der Waals surface area contributed by atoms with Crippen LogP contribution >= 0.6 is 0 Å². The van der Waals surface area contributed by atoms with Crippen molar-refractivity contribution in [3.05, 3.63) is 29.8 Å². The average molecular weight is 287 g/mol. The fourth-order valence-electron chi connectivity index (χ4n) is 1.95. The van der Waals surface area contributed by atoms with Crippen molar-refractivity contribution >= 4 is 11.9 Å². The summed E-state index contributed by atoms with van der Waals surface area (Å²) < 4.78 is 2.20. The molecule has 2 heteroatoms. The summed E-state index contributed by atoms with van der Waals surface area (Å²) in [5.74, 6) is 0. The molecule has 0 spiro atoms. The smallest absolute Gasteiger partial charge is 0.209 e. The highest BCUT2D eigenvalue weighted by molar-refractivity contribution is 5.76. The fourth-order valence-corrected chi connectivity index (χ4v) is 1.95. The van der Waals surface area contributed by atoms with E-state index in [4.69, 9.17) is 0 Å². The van der Waals surface area contributed by atoms with Crippen LogP contribution < -0.4 is 24.0 Å². The molecule has 13 heavy (non-hydrogen) atoms. The molecule has 1 aliphatic rings. The Bertz CT molecular complexity index is 353. The highest BCUT2D eigenvalue weighted by atomic mass is 127. The van der Waals surface area contributed by atoms with E-state index < -0.39 is 0 Å². The normalized spacial score (nSPS) is 17.3. The number of para-hydroxylation sites is 1. The van der Waals surface area contributed by atoms with Gasteiger partial charge >= 0.3 is 0 Å². The first-order valence-corrected chi connectivity index (χ1v) is 4.30. The maximum Gasteiger partial charge on any atom is 0.209 e. The third-order valence-corrected chi connectivity index (χ3v) is 2.49. The van der Waals surface area contributed by atoms with Gasteiger partial charge in [-0.3, -0.25) is 0 Å². The van der Waals surface area contributed by atoms with Crippen molar-refractivity contribution in [3.63, 3.8) is 0 Å². The highest BCUT2D eigenvalue weighted by Crippen LogP contribution is 2.34. The van der Waals surface area contributed by atoms with Crippen molar-refractivity contribution in [3.8, 4) is 0 Å². The van der Waals surface area contributed by atoms with Crippen molar-refractivity contribution < 1.29 is 28.6 Å². The van der Waals surface area contributed by atoms with E-state index in [1.54, 1.807) is 0 Å². The zero-order valence-electron chi connectivity index (χ0n) is 8.21. The molecule has 0 atom stereocenters. The predicted molar refractivity (Wildman–Crippen MR) is 51.4 cm³/mol. The van der Waals surface area contributed by atoms with E-state index in [9.17, 15) is 0 Å². The minimum Gasteiger partial charge on any atom is -1.00 e. The molecule has 2 rings (SSSR count). The van der Waals surface area contributed by atoms with Gasteiger partial charge in [0.05, 0.1) is 5.41 Å². The van der Waals surface area contributed by atoms with Crippen LogP contribution in [0.25, 0.3) is 0 Å². The van der Waals surface area contributed by atoms with Crippen LogP contribution in [0.1, 0.15) is 19.4 Å². The molecule has 70 valence electrons. The summed E-state index contributed by atoms with van der Waals surface area (Å²) in [6.45, 7) is 4.49. The molecular weight excluding hydrogens is 273 g/mol. The van der Waals surface area contributed by atoms with Gasteiger partial charge in [-0.2, -0.15) is 0 Å². The van der Waals surface area contributed by atoms with Gasteiger partial charge in [0.15, 0.2) is 6.21 Å². The van der Waals surface area contributed by atoms with Crippen LogP contribution in [-0.4, -0.2) is 17.8 Å². The first-order chi connectivity index (χ1) is 5.61. The Morgan fingerprint density at radius 1 is 1.15 bits per heavy atom. The zero-order chi connectivity index (χ0) is 8.77. The lowest BCUT2D eigenvalue weighted by atomic mass is 9.87. The number of hydrogen-bond acceptors (Lipinski definition) is 0. The number of hydrogen-bond donors (Lipinski definition) is 0. The zero-order valence-corrected chi connectivity index (χ0v) is 10.4. The van der Waals surface area contributed by atoms with Gasteiger partial charge < -0.3 is 24.0 Å². The summed E-state index contributed by atoms with van der Waals surface area (Å²) in [6.07, 6.45) is 2.26. The van der Waals surface area contributed by atoms with Gasteiger partial charge in [0, 0.05) is 11.6 Å². The molecule has 0 fully saturated rings. The average Bonchev–Trinajstić information content (AvgIpc) is 2.25. The number of benzene rings is 1. The molecule has 0 N–H and O–H groups in total. The minimum absolute atomic E-state index is 0. The summed E-state index contributed by atoms with van der Waals surface area (Å²) in [7, 11) is 2.10. The SMILES string of the molecule is C[N+]1=CC(C)(C)c2ccccc21.[I-]. The van der Waals surface area contributed by atoms with Gasteiger partial charge in [-0.05, 0) is 13.8 Å². The lowest BCUT2D eigenvalue weighted by molar-refractivity contribution is -0.397. The minimum atomic E-state index is 0. The van der Waals surface area contributed by atoms with E-state index in [0.717, 1.165) is 0 Å². The van der Waals surface area contributed by atoms with Crippen LogP contribution in [0.5, 0.6) is 0 Å². The maximum atomic E-state index is 2.26. The summed E-state index contributed by atoms with van der Waals surface area (Å²) in [5, 5.41) is 0. The van der Waals surface area contributed by atoms with Crippen molar-refractivity contribution in [2.24, 2.45) is 0 Å². The molecule has 1 aliphatic heterocycles. The first kappa shape index (κ1) is 10.7. The molecule has 1 nitrogen and oxygen atoms in total. The number of fused-ring (bicyclic) bond motifs is 1. The maximum absolute atomic E-state index is 2.26. The standard InChI is InChI=1S/C11H14N.HI/c1-11(2)8-12(3)10-7-5-4-6-9(10)11;/h4-8H,1-3H3;1H/q+1;/p-1. The number of rotatable bonds is 0. The molecule has 0 unspecified atom stereocenters. The van der Waals surface area contributed by atoms with E-state index in [2.05, 4.69) is 56.0 Å². The molecule has 1 heterocycles. The molecule has 1 aromatic rings. The predicted octanol–water partition coefficient (Wildman–Crippen LogP) is -0.674. The summed E-state index contributed by atoms with van der Waals surface area (Å²) in [6, 6.07) is 8.56. The molecule has 0 radical (unpaired) electrons. The third kappa shape index (κ3) is 1.64. The van der Waals surface area contributed by atoms with Crippen molar-refractivity contribution in [1.82, 2.24) is 0 Å². The third-order valence-electron chi connectivity index (χ3n) is 2.49. The van der Waals surface area contributed by atoms with E-state index >= 15 is 0 Å². The van der Waals surface area contributed by atoms with E-state index in [1.807, 2.05) is 0 Å². The van der Waals surface area contributed by atoms with Crippen LogP contribution in [0.3, 0.4) is 0 Å². The molecule has 0 bridgehead atoms. The Balaban J connectivity index is 0.000000845. The quantitative estimate of drug-likeness (QED) is 0.440. The summed E-state index contributed by atoms with van der Waals surface area (Å²) in [5.41, 5.74) is 2.96. The van der Waals surface area contributed by atoms with Crippen molar-refractivity contribution in [1.29, 1.82) is 0 Å². The number of halogens is 1. The van der Waals surface area contributed by atoms with E-state index in [-0.39, 0.29) is 29.4 Å². The Morgan fingerprint density at radius 3 is 2.38 bits per heavy atom. The van der Waals surface area contributed by atoms with Crippen molar-refractivity contribution in [2.75, 3.05) is 7.05 Å². The van der Waals surface area contributed by atoms with Gasteiger partial charge in [0.25, 0.3) is 0 Å². The molecule has 0 aromatic heterocycles. The van der Waals surface area contributed by atoms with E-state index in [0.29, 0.717) is 0 Å². The Morgan fingerprint density at radius 2 is 1.77 bits per heavy atom. The van der Waals surface area contributed by atoms with Gasteiger partial charge in [-0.15, -0.1) is 0 Å². The van der Waals surface area contributed by atoms with Crippen LogP contribution in [-0.2, 0) is 5.41 Å². The van der Waals surface area contributed by atoms with Gasteiger partial charge in [-0.25, -0.2) is 4.58 Å². The number of nitrogens with zero attached hydrogens (tertiary/aromatic N) is 1. The van der Waals surface area contributed by atoms with Gasteiger partial charge in [-0.1, -0.05) is 18.2 Å². The first-order valence-electron chi connectivity index (χ1n) is 4.30. The molecular formula is C11H14IN. The van der Waals surface area contributed by atoms with E-state index in [1.165, 1.54) is 11.3 Å². The molecule has 0 saturated heterocycles. The molecule has 0 amide bonds. The lowest BCUT2D eigenvalue weighted by Gasteiger charge is -2.09. The molecule has 0 aliphatic carbocycles. The van der Waals surface area contributed by atoms with Crippen LogP contribution in [0, 0.1) is 0 Å². The monoisotopic (exact) mass is 287 g/mol. The second-order valence-electron chi connectivity index (χ2n) is 3.98. The van der Waals surface area contributed by atoms with Crippen LogP contribution in [0.15, 0.2) is 24.3 Å². The topological polar surface area (TPSA) is 3.01 Å². The van der Waals surface area contributed by atoms with Crippen LogP contribution in [0.2, 0.25) is 0 Å². The summed E-state index contributed by atoms with van der Waals surface area (Å²) >= 11 is 0. The second-order valence-corrected chi connectivity index (χ2v) is 3.98. The molecule has 0 saturated carbocycles. The van der Waals surface area contributed by atoms with Gasteiger partial charge in [0.1, 0.15) is 7.05 Å². The van der Waals surface area contributed by atoms with Gasteiger partial charge in [0.2, 0.25) is 5.69 Å². The second kappa shape index (κ2) is 3.40. The Kier molecular flexibility index (Phi) is 2.80. The highest BCUT2D eigenvalue weighted by Gasteiger charge is 2.34. The lowest BCUT2D eigenvalue weighted by Crippen LogP contribution is -3.00. The molecule has 1 aromatic carbocycles. The Labute approximate surface area is 96.5 Å². The largest absolute Gasteiger partial charge is 1.00 e. The summed E-state index contributed by atoms with van der Waals surface area (Å²) in [4.78, 5) is 0.